The zero-order chi connectivity index (χ0) is 20.3. The van der Waals surface area contributed by atoms with Crippen molar-refractivity contribution in [2.75, 3.05) is 11.4 Å². The van der Waals surface area contributed by atoms with E-state index in [9.17, 15) is 17.2 Å². The molecule has 3 aromatic rings. The van der Waals surface area contributed by atoms with Crippen LogP contribution in [0.4, 0.5) is 14.5 Å². The van der Waals surface area contributed by atoms with E-state index < -0.39 is 21.7 Å². The molecule has 146 valence electrons. The van der Waals surface area contributed by atoms with Crippen LogP contribution in [0.15, 0.2) is 71.6 Å². The number of ether oxygens (including phenoxy) is 1. The summed E-state index contributed by atoms with van der Waals surface area (Å²) in [4.78, 5) is -0.0407. The van der Waals surface area contributed by atoms with E-state index in [2.05, 4.69) is 0 Å². The Morgan fingerprint density at radius 2 is 1.64 bits per heavy atom. The highest BCUT2D eigenvalue weighted by Crippen LogP contribution is 2.29. The number of aryl methyl sites for hydroxylation is 1. The van der Waals surface area contributed by atoms with E-state index in [1.807, 2.05) is 0 Å². The van der Waals surface area contributed by atoms with Gasteiger partial charge in [-0.2, -0.15) is 0 Å². The van der Waals surface area contributed by atoms with Gasteiger partial charge in [-0.05, 0) is 66.6 Å². The van der Waals surface area contributed by atoms with E-state index in [1.54, 1.807) is 24.3 Å². The second kappa shape index (κ2) is 7.98. The van der Waals surface area contributed by atoms with Gasteiger partial charge in [0.25, 0.3) is 10.0 Å². The molecule has 0 radical (unpaired) electrons. The molecule has 0 bridgehead atoms. The Morgan fingerprint density at radius 1 is 0.929 bits per heavy atom. The number of nitrogens with zero attached hydrogens (tertiary/aromatic N) is 1. The third-order valence-corrected chi connectivity index (χ3v) is 6.20. The zero-order valence-corrected chi connectivity index (χ0v) is 16.2. The predicted molar refractivity (Wildman–Crippen MR) is 104 cm³/mol. The summed E-state index contributed by atoms with van der Waals surface area (Å²) in [5.74, 6) is -0.507. The molecule has 4 nitrogen and oxygen atoms in total. The Kier molecular flexibility index (Phi) is 5.65. The maximum absolute atomic E-state index is 13.8. The molecular formula is C21H19F2NO3S. The number of benzene rings is 3. The number of sulfonamides is 1. The molecule has 0 aromatic heterocycles. The Bertz CT molecular complexity index is 1100. The van der Waals surface area contributed by atoms with Crippen molar-refractivity contribution < 1.29 is 21.9 Å². The highest BCUT2D eigenvalue weighted by Gasteiger charge is 2.27. The molecule has 7 heteroatoms. The fraction of sp³-hybridized carbons (Fsp3) is 0.143. The predicted octanol–water partition coefficient (Wildman–Crippen LogP) is 4.68. The average molecular weight is 403 g/mol. The SMILES string of the molecule is COc1cccc(CN(c2cccc(F)c2)S(=O)(=O)c2ccc(F)cc2C)c1. The van der Waals surface area contributed by atoms with Crippen LogP contribution in [0.1, 0.15) is 11.1 Å². The number of rotatable bonds is 6. The molecule has 0 fully saturated rings. The standard InChI is InChI=1S/C21H19F2NO3S/c1-15-11-18(23)9-10-21(15)28(25,26)24(19-7-4-6-17(22)13-19)14-16-5-3-8-20(12-16)27-2/h3-13H,14H2,1-2H3. The first-order valence-electron chi connectivity index (χ1n) is 8.48. The third kappa shape index (κ3) is 4.14. The highest BCUT2D eigenvalue weighted by atomic mass is 32.2. The Hall–Kier alpha value is -2.93. The van der Waals surface area contributed by atoms with Gasteiger partial charge in [-0.3, -0.25) is 4.31 Å². The molecule has 0 aliphatic carbocycles. The first kappa shape index (κ1) is 19.8. The van der Waals surface area contributed by atoms with Crippen LogP contribution in [0.5, 0.6) is 5.75 Å². The molecule has 0 unspecified atom stereocenters. The van der Waals surface area contributed by atoms with Crippen molar-refractivity contribution >= 4 is 15.7 Å². The second-order valence-corrected chi connectivity index (χ2v) is 8.08. The summed E-state index contributed by atoms with van der Waals surface area (Å²) in [5, 5.41) is 0. The van der Waals surface area contributed by atoms with E-state index in [1.165, 1.54) is 38.3 Å². The topological polar surface area (TPSA) is 46.6 Å². The lowest BCUT2D eigenvalue weighted by molar-refractivity contribution is 0.414. The summed E-state index contributed by atoms with van der Waals surface area (Å²) >= 11 is 0. The van der Waals surface area contributed by atoms with Crippen LogP contribution in [0.3, 0.4) is 0 Å². The van der Waals surface area contributed by atoms with E-state index >= 15 is 0 Å². The van der Waals surface area contributed by atoms with Crippen LogP contribution in [0.25, 0.3) is 0 Å². The average Bonchev–Trinajstić information content (AvgIpc) is 2.66. The highest BCUT2D eigenvalue weighted by molar-refractivity contribution is 7.92. The normalized spacial score (nSPS) is 11.3. The molecule has 0 atom stereocenters. The number of methoxy groups -OCH3 is 1. The van der Waals surface area contributed by atoms with E-state index in [0.29, 0.717) is 11.3 Å². The van der Waals surface area contributed by atoms with E-state index in [-0.39, 0.29) is 22.7 Å². The fourth-order valence-corrected chi connectivity index (χ4v) is 4.56. The quantitative estimate of drug-likeness (QED) is 0.601. The summed E-state index contributed by atoms with van der Waals surface area (Å²) in [6.07, 6.45) is 0. The molecule has 0 N–H and O–H groups in total. The van der Waals surface area contributed by atoms with Gasteiger partial charge in [0.15, 0.2) is 0 Å². The molecule has 0 spiro atoms. The lowest BCUT2D eigenvalue weighted by Crippen LogP contribution is -2.31. The van der Waals surface area contributed by atoms with E-state index in [4.69, 9.17) is 4.74 Å². The van der Waals surface area contributed by atoms with Crippen molar-refractivity contribution in [1.82, 2.24) is 0 Å². The number of hydrogen-bond donors (Lipinski definition) is 0. The van der Waals surface area contributed by atoms with Gasteiger partial charge in [0.1, 0.15) is 17.4 Å². The largest absolute Gasteiger partial charge is 0.497 e. The molecule has 0 saturated heterocycles. The van der Waals surface area contributed by atoms with Crippen molar-refractivity contribution in [3.05, 3.63) is 89.5 Å². The first-order valence-corrected chi connectivity index (χ1v) is 9.92. The van der Waals surface area contributed by atoms with Crippen LogP contribution in [-0.2, 0) is 16.6 Å². The molecule has 28 heavy (non-hydrogen) atoms. The maximum atomic E-state index is 13.8. The monoisotopic (exact) mass is 403 g/mol. The van der Waals surface area contributed by atoms with Crippen molar-refractivity contribution in [2.24, 2.45) is 0 Å². The summed E-state index contributed by atoms with van der Waals surface area (Å²) in [5.41, 5.74) is 1.10. The van der Waals surface area contributed by atoms with Gasteiger partial charge in [-0.25, -0.2) is 17.2 Å². The van der Waals surface area contributed by atoms with Crippen LogP contribution in [0.2, 0.25) is 0 Å². The van der Waals surface area contributed by atoms with Gasteiger partial charge in [0.2, 0.25) is 0 Å². The van der Waals surface area contributed by atoms with Crippen LogP contribution >= 0.6 is 0 Å². The van der Waals surface area contributed by atoms with E-state index in [0.717, 1.165) is 22.5 Å². The minimum absolute atomic E-state index is 0.0407. The number of anilines is 1. The fourth-order valence-electron chi connectivity index (χ4n) is 2.90. The minimum Gasteiger partial charge on any atom is -0.497 e. The lowest BCUT2D eigenvalue weighted by atomic mass is 10.2. The van der Waals surface area contributed by atoms with Crippen LogP contribution in [0, 0.1) is 18.6 Å². The second-order valence-electron chi connectivity index (χ2n) is 6.25. The zero-order valence-electron chi connectivity index (χ0n) is 15.4. The molecule has 0 heterocycles. The van der Waals surface area contributed by atoms with Crippen molar-refractivity contribution in [3.8, 4) is 5.75 Å². The Labute approximate surface area is 163 Å². The summed E-state index contributed by atoms with van der Waals surface area (Å²) in [6, 6.07) is 15.8. The first-order chi connectivity index (χ1) is 13.3. The van der Waals surface area contributed by atoms with Crippen molar-refractivity contribution in [3.63, 3.8) is 0 Å². The van der Waals surface area contributed by atoms with Gasteiger partial charge in [0.05, 0.1) is 24.2 Å². The summed E-state index contributed by atoms with van der Waals surface area (Å²) < 4.78 is 60.4. The Balaban J connectivity index is 2.12. The molecular weight excluding hydrogens is 384 g/mol. The minimum atomic E-state index is -4.08. The summed E-state index contributed by atoms with van der Waals surface area (Å²) in [6.45, 7) is 1.48. The van der Waals surface area contributed by atoms with Gasteiger partial charge in [-0.1, -0.05) is 18.2 Å². The van der Waals surface area contributed by atoms with Gasteiger partial charge >= 0.3 is 0 Å². The van der Waals surface area contributed by atoms with Gasteiger partial charge in [-0.15, -0.1) is 0 Å². The Morgan fingerprint density at radius 3 is 2.32 bits per heavy atom. The third-order valence-electron chi connectivity index (χ3n) is 4.26. The number of halogens is 2. The molecule has 0 amide bonds. The molecule has 0 saturated carbocycles. The van der Waals surface area contributed by atoms with Gasteiger partial charge < -0.3 is 4.74 Å². The smallest absolute Gasteiger partial charge is 0.264 e. The maximum Gasteiger partial charge on any atom is 0.264 e. The molecule has 3 aromatic carbocycles. The summed E-state index contributed by atoms with van der Waals surface area (Å²) in [7, 11) is -2.56. The van der Waals surface area contributed by atoms with Gasteiger partial charge in [0, 0.05) is 0 Å². The van der Waals surface area contributed by atoms with Crippen LogP contribution in [-0.4, -0.2) is 15.5 Å². The molecule has 0 aliphatic rings. The van der Waals surface area contributed by atoms with Crippen LogP contribution < -0.4 is 9.04 Å². The number of hydrogen-bond acceptors (Lipinski definition) is 3. The molecule has 0 aliphatic heterocycles. The lowest BCUT2D eigenvalue weighted by Gasteiger charge is -2.25. The molecule has 3 rings (SSSR count). The van der Waals surface area contributed by atoms with Crippen molar-refractivity contribution in [1.29, 1.82) is 0 Å². The van der Waals surface area contributed by atoms with Crippen molar-refractivity contribution in [2.45, 2.75) is 18.4 Å².